The van der Waals surface area contributed by atoms with Gasteiger partial charge >= 0.3 is 0 Å². The fourth-order valence-electron chi connectivity index (χ4n) is 10.7. The summed E-state index contributed by atoms with van der Waals surface area (Å²) in [7, 11) is -3.82. The molecule has 1 amide bonds. The Morgan fingerprint density at radius 1 is 1.00 bits per heavy atom. The van der Waals surface area contributed by atoms with Crippen molar-refractivity contribution >= 4 is 15.9 Å². The number of fused-ring (bicyclic) bond motifs is 5. The van der Waals surface area contributed by atoms with E-state index < -0.39 is 10.0 Å². The van der Waals surface area contributed by atoms with Gasteiger partial charge in [0.05, 0.1) is 4.90 Å². The van der Waals surface area contributed by atoms with Gasteiger partial charge in [-0.25, -0.2) is 13.1 Å². The number of hydrogen-bond acceptors (Lipinski definition) is 3. The largest absolute Gasteiger partial charge is 0.274 e. The van der Waals surface area contributed by atoms with Gasteiger partial charge in [-0.05, 0) is 122 Å². The van der Waals surface area contributed by atoms with E-state index in [9.17, 15) is 13.2 Å². The van der Waals surface area contributed by atoms with E-state index in [-0.39, 0.29) is 17.2 Å². The lowest BCUT2D eigenvalue weighted by molar-refractivity contribution is -0.138. The van der Waals surface area contributed by atoms with Crippen molar-refractivity contribution in [2.45, 2.75) is 117 Å². The number of carbonyl (C=O) groups is 1. The zero-order chi connectivity index (χ0) is 27.3. The molecule has 0 radical (unpaired) electrons. The van der Waals surface area contributed by atoms with Crippen LogP contribution in [0.15, 0.2) is 29.2 Å². The molecule has 4 fully saturated rings. The minimum absolute atomic E-state index is 0.191. The first-order valence-electron chi connectivity index (χ1n) is 15.6. The first kappa shape index (κ1) is 28.2. The summed E-state index contributed by atoms with van der Waals surface area (Å²) in [5.74, 6) is 5.12. The molecule has 5 heteroatoms. The number of benzene rings is 1. The molecule has 0 aliphatic heterocycles. The third-order valence-corrected chi connectivity index (χ3v) is 14.0. The fraction of sp³-hybridized carbons (Fsp3) is 0.788. The highest BCUT2D eigenvalue weighted by molar-refractivity contribution is 7.90. The summed E-state index contributed by atoms with van der Waals surface area (Å²) in [5, 5.41) is 0. The highest BCUT2D eigenvalue weighted by Gasteiger charge is 2.61. The number of nitrogens with one attached hydrogen (secondary N) is 1. The highest BCUT2D eigenvalue weighted by atomic mass is 32.2. The first-order valence-corrected chi connectivity index (χ1v) is 17.1. The van der Waals surface area contributed by atoms with Crippen molar-refractivity contribution in [2.75, 3.05) is 0 Å². The van der Waals surface area contributed by atoms with Crippen molar-refractivity contribution in [2.24, 2.45) is 52.3 Å². The summed E-state index contributed by atoms with van der Waals surface area (Å²) >= 11 is 0. The minimum atomic E-state index is -3.82. The summed E-state index contributed by atoms with van der Waals surface area (Å²) in [6.45, 7) is 11.8. The molecule has 9 atom stereocenters. The molecule has 4 aliphatic rings. The van der Waals surface area contributed by atoms with Gasteiger partial charge in [0, 0.05) is 6.42 Å². The van der Waals surface area contributed by atoms with E-state index in [4.69, 9.17) is 0 Å². The number of sulfonamides is 1. The lowest BCUT2D eigenvalue weighted by Crippen LogP contribution is -2.55. The molecule has 1 aromatic rings. The molecule has 3 unspecified atom stereocenters. The molecule has 0 heterocycles. The van der Waals surface area contributed by atoms with Crippen LogP contribution < -0.4 is 4.72 Å². The van der Waals surface area contributed by atoms with Crippen LogP contribution in [0, 0.1) is 59.2 Å². The van der Waals surface area contributed by atoms with Crippen LogP contribution in [0.2, 0.25) is 0 Å². The summed E-state index contributed by atoms with van der Waals surface area (Å²) in [6.07, 6.45) is 14.9. The van der Waals surface area contributed by atoms with E-state index in [2.05, 4.69) is 32.4 Å². The van der Waals surface area contributed by atoms with Crippen LogP contribution in [0.5, 0.6) is 0 Å². The van der Waals surface area contributed by atoms with Gasteiger partial charge in [0.2, 0.25) is 5.91 Å². The normalized spacial score (nSPS) is 39.5. The van der Waals surface area contributed by atoms with Crippen LogP contribution in [0.4, 0.5) is 0 Å². The SMILES string of the molecule is CC[C@H]1CC2C3CC[C@H]([C@H](C)CCC(=O)NS(=O)(=O)c4ccccc4C)[C@@]3(C)CCC2[C@@]2(C)CCCC[C@@H]12. The lowest BCUT2D eigenvalue weighted by Gasteiger charge is -2.63. The van der Waals surface area contributed by atoms with Crippen molar-refractivity contribution in [3.63, 3.8) is 0 Å². The van der Waals surface area contributed by atoms with Gasteiger partial charge in [0.25, 0.3) is 10.0 Å². The Labute approximate surface area is 232 Å². The molecule has 38 heavy (non-hydrogen) atoms. The Kier molecular flexibility index (Phi) is 7.83. The van der Waals surface area contributed by atoms with Gasteiger partial charge in [-0.1, -0.05) is 65.2 Å². The molecule has 1 aromatic carbocycles. The second kappa shape index (κ2) is 10.6. The predicted molar refractivity (Wildman–Crippen MR) is 154 cm³/mol. The number of amides is 1. The molecular formula is C33H51NO3S. The molecule has 4 nitrogen and oxygen atoms in total. The highest BCUT2D eigenvalue weighted by Crippen LogP contribution is 2.69. The molecule has 0 spiro atoms. The van der Waals surface area contributed by atoms with Crippen LogP contribution in [0.25, 0.3) is 0 Å². The first-order chi connectivity index (χ1) is 18.0. The summed E-state index contributed by atoms with van der Waals surface area (Å²) in [4.78, 5) is 13.0. The molecule has 212 valence electrons. The van der Waals surface area contributed by atoms with E-state index in [1.54, 1.807) is 25.1 Å². The summed E-state index contributed by atoms with van der Waals surface area (Å²) in [6, 6.07) is 6.83. The molecule has 4 saturated carbocycles. The smallest absolute Gasteiger partial charge is 0.264 e. The van der Waals surface area contributed by atoms with Gasteiger partial charge < -0.3 is 0 Å². The Morgan fingerprint density at radius 3 is 2.47 bits per heavy atom. The van der Waals surface area contributed by atoms with Gasteiger partial charge in [-0.15, -0.1) is 0 Å². The zero-order valence-corrected chi connectivity index (χ0v) is 25.3. The maximum absolute atomic E-state index is 12.8. The quantitative estimate of drug-likeness (QED) is 0.382. The third-order valence-electron chi connectivity index (χ3n) is 12.5. The molecule has 5 rings (SSSR count). The van der Waals surface area contributed by atoms with Crippen molar-refractivity contribution in [3.05, 3.63) is 29.8 Å². The van der Waals surface area contributed by atoms with E-state index in [1.807, 2.05) is 6.07 Å². The van der Waals surface area contributed by atoms with Gasteiger partial charge in [-0.3, -0.25) is 4.79 Å². The average molecular weight is 542 g/mol. The third kappa shape index (κ3) is 4.77. The molecule has 4 aliphatic carbocycles. The second-order valence-electron chi connectivity index (χ2n) is 14.2. The Morgan fingerprint density at radius 2 is 1.74 bits per heavy atom. The maximum Gasteiger partial charge on any atom is 0.264 e. The van der Waals surface area contributed by atoms with E-state index in [0.29, 0.717) is 28.2 Å². The minimum Gasteiger partial charge on any atom is -0.274 e. The average Bonchev–Trinajstić information content (AvgIpc) is 3.23. The summed E-state index contributed by atoms with van der Waals surface area (Å²) < 4.78 is 27.9. The Bertz CT molecular complexity index is 1130. The molecular weight excluding hydrogens is 490 g/mol. The molecule has 0 aromatic heterocycles. The van der Waals surface area contributed by atoms with Gasteiger partial charge in [-0.2, -0.15) is 0 Å². The van der Waals surface area contributed by atoms with E-state index in [1.165, 1.54) is 64.2 Å². The number of hydrogen-bond donors (Lipinski definition) is 1. The Balaban J connectivity index is 1.24. The van der Waals surface area contributed by atoms with Crippen LogP contribution in [-0.4, -0.2) is 14.3 Å². The molecule has 0 saturated heterocycles. The van der Waals surface area contributed by atoms with Crippen LogP contribution >= 0.6 is 0 Å². The van der Waals surface area contributed by atoms with Crippen LogP contribution in [-0.2, 0) is 14.8 Å². The monoisotopic (exact) mass is 541 g/mol. The predicted octanol–water partition coefficient (Wildman–Crippen LogP) is 7.90. The standard InChI is InChI=1S/C33H51NO3S/c1-6-24-21-25-28-16-15-26(33(28,5)20-18-29(25)32(4)19-10-9-12-27(24)32)22(2)14-17-31(35)34-38(36,37)30-13-8-7-11-23(30)3/h7-8,11,13,22,24-29H,6,9-10,12,14-21H2,1-5H3,(H,34,35)/t22-,24+,25?,26-,27+,28?,29?,32+,33-/m1/s1. The topological polar surface area (TPSA) is 63.2 Å². The number of rotatable bonds is 7. The van der Waals surface area contributed by atoms with E-state index in [0.717, 1.165) is 36.0 Å². The van der Waals surface area contributed by atoms with Crippen LogP contribution in [0.3, 0.4) is 0 Å². The van der Waals surface area contributed by atoms with Crippen LogP contribution in [0.1, 0.15) is 110 Å². The maximum atomic E-state index is 12.8. The van der Waals surface area contributed by atoms with Crippen molar-refractivity contribution in [1.82, 2.24) is 4.72 Å². The number of carbonyl (C=O) groups excluding carboxylic acids is 1. The zero-order valence-electron chi connectivity index (χ0n) is 24.5. The van der Waals surface area contributed by atoms with Crippen molar-refractivity contribution in [1.29, 1.82) is 0 Å². The fourth-order valence-corrected chi connectivity index (χ4v) is 11.9. The van der Waals surface area contributed by atoms with Gasteiger partial charge in [0.15, 0.2) is 0 Å². The molecule has 1 N–H and O–H groups in total. The van der Waals surface area contributed by atoms with Crippen molar-refractivity contribution < 1.29 is 13.2 Å². The second-order valence-corrected chi connectivity index (χ2v) is 15.8. The lowest BCUT2D eigenvalue weighted by atomic mass is 9.42. The summed E-state index contributed by atoms with van der Waals surface area (Å²) in [5.41, 5.74) is 1.57. The van der Waals surface area contributed by atoms with Gasteiger partial charge in [0.1, 0.15) is 0 Å². The van der Waals surface area contributed by atoms with Crippen molar-refractivity contribution in [3.8, 4) is 0 Å². The molecule has 0 bridgehead atoms. The number of aryl methyl sites for hydroxylation is 1. The van der Waals surface area contributed by atoms with E-state index >= 15 is 0 Å². The Hall–Kier alpha value is -1.36.